The van der Waals surface area contributed by atoms with Gasteiger partial charge in [0.15, 0.2) is 5.82 Å². The number of halogens is 1. The van der Waals surface area contributed by atoms with E-state index in [1.165, 1.54) is 6.07 Å². The van der Waals surface area contributed by atoms with Crippen LogP contribution in [0.1, 0.15) is 55.0 Å². The van der Waals surface area contributed by atoms with E-state index in [4.69, 9.17) is 20.7 Å². The van der Waals surface area contributed by atoms with E-state index in [1.807, 2.05) is 9.80 Å². The molecule has 4 heterocycles. The molecule has 1 saturated heterocycles. The van der Waals surface area contributed by atoms with E-state index in [0.717, 1.165) is 55.3 Å². The molecule has 3 aliphatic rings. The van der Waals surface area contributed by atoms with E-state index < -0.39 is 5.82 Å². The van der Waals surface area contributed by atoms with Crippen molar-refractivity contribution in [2.75, 3.05) is 44.0 Å². The first-order valence-electron chi connectivity index (χ1n) is 11.7. The van der Waals surface area contributed by atoms with Gasteiger partial charge in [-0.2, -0.15) is 5.10 Å². The number of ether oxygens (including phenoxy) is 1. The van der Waals surface area contributed by atoms with Crippen LogP contribution in [0, 0.1) is 5.82 Å². The molecule has 1 unspecified atom stereocenters. The third kappa shape index (κ3) is 4.27. The molecular formula is C24H32FN5O4. The van der Waals surface area contributed by atoms with Crippen molar-refractivity contribution in [3.63, 3.8) is 0 Å². The van der Waals surface area contributed by atoms with E-state index >= 15 is 0 Å². The van der Waals surface area contributed by atoms with E-state index in [-0.39, 0.29) is 23.6 Å². The van der Waals surface area contributed by atoms with Crippen molar-refractivity contribution in [1.29, 1.82) is 0 Å². The number of aldehydes is 1. The highest BCUT2D eigenvalue weighted by molar-refractivity contribution is 5.78. The molecule has 184 valence electrons. The van der Waals surface area contributed by atoms with Crippen LogP contribution in [0.4, 0.5) is 21.6 Å². The molecule has 0 spiro atoms. The number of amides is 1. The van der Waals surface area contributed by atoms with Crippen molar-refractivity contribution in [3.05, 3.63) is 34.8 Å². The summed E-state index contributed by atoms with van der Waals surface area (Å²) in [4.78, 5) is 27.6. The van der Waals surface area contributed by atoms with E-state index in [9.17, 15) is 14.0 Å². The van der Waals surface area contributed by atoms with E-state index in [2.05, 4.69) is 4.68 Å². The molecule has 1 aromatic heterocycles. The molecule has 1 fully saturated rings. The molecule has 1 aromatic carbocycles. The van der Waals surface area contributed by atoms with Crippen molar-refractivity contribution in [2.24, 2.45) is 0 Å². The van der Waals surface area contributed by atoms with Crippen LogP contribution in [-0.4, -0.2) is 65.4 Å². The highest BCUT2D eigenvalue weighted by Gasteiger charge is 2.35. The Morgan fingerprint density at radius 3 is 2.65 bits per heavy atom. The van der Waals surface area contributed by atoms with Gasteiger partial charge in [0, 0.05) is 75.7 Å². The number of fused-ring (bicyclic) bond motifs is 2. The van der Waals surface area contributed by atoms with Gasteiger partial charge in [-0.1, -0.05) is 0 Å². The number of rotatable bonds is 3. The topological polar surface area (TPSA) is 114 Å². The molecule has 0 aliphatic carbocycles. The highest BCUT2D eigenvalue weighted by Crippen LogP contribution is 2.43. The van der Waals surface area contributed by atoms with Crippen LogP contribution < -0.4 is 10.6 Å². The number of nitrogens with two attached hydrogens (primary N) is 1. The number of carbonyl (C=O) groups is 2. The lowest BCUT2D eigenvalue weighted by atomic mass is 9.90. The number of aliphatic hydroxyl groups is 1. The normalized spacial score (nSPS) is 20.2. The molecule has 2 aromatic rings. The maximum Gasteiger partial charge on any atom is 0.219 e. The first-order valence-corrected chi connectivity index (χ1v) is 11.7. The second-order valence-corrected chi connectivity index (χ2v) is 8.84. The Kier molecular flexibility index (Phi) is 7.18. The number of hydrogen-bond donors (Lipinski definition) is 2. The number of nitrogen functional groups attached to an aromatic ring is 1. The van der Waals surface area contributed by atoms with Gasteiger partial charge in [-0.3, -0.25) is 9.48 Å². The molecule has 0 saturated carbocycles. The fourth-order valence-electron chi connectivity index (χ4n) is 5.18. The fraction of sp³-hybridized carbons (Fsp3) is 0.542. The molecule has 10 heteroatoms. The maximum absolute atomic E-state index is 14.5. The molecule has 0 bridgehead atoms. The lowest BCUT2D eigenvalue weighted by molar-refractivity contribution is -0.129. The maximum atomic E-state index is 14.5. The number of carbonyl (C=O) groups excluding carboxylic acids is 2. The molecule has 34 heavy (non-hydrogen) atoms. The zero-order chi connectivity index (χ0) is 24.4. The molecule has 0 radical (unpaired) electrons. The van der Waals surface area contributed by atoms with Gasteiger partial charge >= 0.3 is 0 Å². The number of aliphatic hydroxyl groups excluding tert-OH is 1. The van der Waals surface area contributed by atoms with Gasteiger partial charge in [-0.25, -0.2) is 4.39 Å². The summed E-state index contributed by atoms with van der Waals surface area (Å²) in [7, 11) is 1.00. The summed E-state index contributed by atoms with van der Waals surface area (Å²) in [5.74, 6) is -0.0684. The van der Waals surface area contributed by atoms with Crippen molar-refractivity contribution < 1.29 is 23.8 Å². The van der Waals surface area contributed by atoms with Crippen LogP contribution in [-0.2, 0) is 27.3 Å². The van der Waals surface area contributed by atoms with Crippen LogP contribution in [0.25, 0.3) is 0 Å². The second kappa shape index (κ2) is 10.1. The minimum atomic E-state index is -0.511. The Morgan fingerprint density at radius 2 is 1.97 bits per heavy atom. The van der Waals surface area contributed by atoms with Gasteiger partial charge in [0.2, 0.25) is 5.91 Å². The quantitative estimate of drug-likeness (QED) is 0.519. The average Bonchev–Trinajstić information content (AvgIpc) is 3.24. The Labute approximate surface area is 198 Å². The monoisotopic (exact) mass is 473 g/mol. The molecule has 3 N–H and O–H groups in total. The van der Waals surface area contributed by atoms with Crippen molar-refractivity contribution in [2.45, 2.75) is 51.1 Å². The minimum absolute atomic E-state index is 0.0271. The number of benzene rings is 1. The smallest absolute Gasteiger partial charge is 0.219 e. The van der Waals surface area contributed by atoms with Crippen molar-refractivity contribution in [3.8, 4) is 0 Å². The van der Waals surface area contributed by atoms with Gasteiger partial charge in [0.05, 0.1) is 18.3 Å². The molecule has 1 amide bonds. The highest BCUT2D eigenvalue weighted by atomic mass is 19.1. The summed E-state index contributed by atoms with van der Waals surface area (Å²) in [6.07, 6.45) is 4.00. The van der Waals surface area contributed by atoms with Crippen LogP contribution in [0.5, 0.6) is 0 Å². The minimum Gasteiger partial charge on any atom is -0.400 e. The first kappa shape index (κ1) is 24.2. The fourth-order valence-corrected chi connectivity index (χ4v) is 5.18. The Hall–Kier alpha value is -2.98. The molecule has 5 rings (SSSR count). The van der Waals surface area contributed by atoms with Crippen LogP contribution in [0.3, 0.4) is 0 Å². The van der Waals surface area contributed by atoms with Crippen LogP contribution in [0.15, 0.2) is 12.1 Å². The largest absolute Gasteiger partial charge is 0.400 e. The van der Waals surface area contributed by atoms with Gasteiger partial charge in [-0.05, 0) is 30.9 Å². The molecule has 1 atom stereocenters. The van der Waals surface area contributed by atoms with Gasteiger partial charge in [-0.15, -0.1) is 0 Å². The standard InChI is InChI=1S/C23H28FN5O3.CH4O/c1-14(31)27-6-3-21-18(12-27)23(26-29(21)16-4-8-32-9-5-16)28-7-2-15(13-30)17-10-20(25)19(24)11-22(17)28;1-2/h10-11,13,15-16H,2-9,12,25H2,1H3;2H,1H3. The van der Waals surface area contributed by atoms with E-state index in [1.54, 1.807) is 13.0 Å². The predicted octanol–water partition coefficient (Wildman–Crippen LogP) is 2.29. The number of nitrogens with zero attached hydrogens (tertiary/aromatic N) is 4. The summed E-state index contributed by atoms with van der Waals surface area (Å²) in [6.45, 7) is 4.65. The SMILES string of the molecule is CC(=O)N1CCc2c(c(N3CCC(C=O)c4cc(N)c(F)cc43)nn2C2CCOCC2)C1.CO. The summed E-state index contributed by atoms with van der Waals surface area (Å²) in [6, 6.07) is 3.22. The third-order valence-electron chi connectivity index (χ3n) is 6.97. The lowest BCUT2D eigenvalue weighted by Crippen LogP contribution is -2.36. The first-order chi connectivity index (χ1) is 16.5. The Bertz CT molecular complexity index is 1070. The van der Waals surface area contributed by atoms with E-state index in [0.29, 0.717) is 45.0 Å². The average molecular weight is 474 g/mol. The summed E-state index contributed by atoms with van der Waals surface area (Å²) < 4.78 is 22.2. The molecule has 9 nitrogen and oxygen atoms in total. The van der Waals surface area contributed by atoms with Gasteiger partial charge in [0.25, 0.3) is 0 Å². The molecular weight excluding hydrogens is 441 g/mol. The van der Waals surface area contributed by atoms with Crippen molar-refractivity contribution in [1.82, 2.24) is 14.7 Å². The van der Waals surface area contributed by atoms with Gasteiger partial charge in [0.1, 0.15) is 12.1 Å². The Balaban J connectivity index is 0.00000133. The van der Waals surface area contributed by atoms with Crippen molar-refractivity contribution >= 4 is 29.4 Å². The summed E-state index contributed by atoms with van der Waals surface area (Å²) in [5.41, 5.74) is 9.35. The van der Waals surface area contributed by atoms with Crippen LogP contribution in [0.2, 0.25) is 0 Å². The lowest BCUT2D eigenvalue weighted by Gasteiger charge is -2.34. The number of hydrogen-bond acceptors (Lipinski definition) is 7. The zero-order valence-corrected chi connectivity index (χ0v) is 19.7. The second-order valence-electron chi connectivity index (χ2n) is 8.84. The number of anilines is 3. The zero-order valence-electron chi connectivity index (χ0n) is 19.7. The summed E-state index contributed by atoms with van der Waals surface area (Å²) >= 11 is 0. The number of aromatic nitrogens is 2. The van der Waals surface area contributed by atoms with Gasteiger partial charge < -0.3 is 30.2 Å². The summed E-state index contributed by atoms with van der Waals surface area (Å²) in [5, 5.41) is 12.0. The Morgan fingerprint density at radius 1 is 1.24 bits per heavy atom. The van der Waals surface area contributed by atoms with Crippen LogP contribution >= 0.6 is 0 Å². The predicted molar refractivity (Wildman–Crippen MR) is 125 cm³/mol. The molecule has 3 aliphatic heterocycles. The third-order valence-corrected chi connectivity index (χ3v) is 6.97.